The lowest BCUT2D eigenvalue weighted by Gasteiger charge is -1.99. The summed E-state index contributed by atoms with van der Waals surface area (Å²) in [5.41, 5.74) is 0.684. The molecular formula is C8H5F2IN2. The van der Waals surface area contributed by atoms with Gasteiger partial charge in [0, 0.05) is 7.05 Å². The van der Waals surface area contributed by atoms with Crippen LogP contribution in [0.5, 0.6) is 0 Å². The summed E-state index contributed by atoms with van der Waals surface area (Å²) in [6.07, 6.45) is 1.46. The summed E-state index contributed by atoms with van der Waals surface area (Å²) in [7, 11) is 1.63. The third kappa shape index (κ3) is 1.21. The second kappa shape index (κ2) is 2.90. The van der Waals surface area contributed by atoms with Crippen LogP contribution in [-0.2, 0) is 7.05 Å². The maximum atomic E-state index is 13.3. The molecule has 0 atom stereocenters. The predicted molar refractivity (Wildman–Crippen MR) is 53.3 cm³/mol. The van der Waals surface area contributed by atoms with E-state index in [9.17, 15) is 8.78 Å². The Kier molecular flexibility index (Phi) is 1.98. The molecule has 2 nitrogen and oxygen atoms in total. The van der Waals surface area contributed by atoms with Crippen molar-refractivity contribution in [2.45, 2.75) is 0 Å². The van der Waals surface area contributed by atoms with Crippen molar-refractivity contribution < 1.29 is 8.78 Å². The molecule has 1 aromatic carbocycles. The molecule has 0 fully saturated rings. The molecule has 13 heavy (non-hydrogen) atoms. The number of aromatic nitrogens is 2. The van der Waals surface area contributed by atoms with Gasteiger partial charge in [-0.25, -0.2) is 13.8 Å². The van der Waals surface area contributed by atoms with Crippen LogP contribution in [0.15, 0.2) is 12.4 Å². The minimum atomic E-state index is -0.832. The number of halogens is 3. The summed E-state index contributed by atoms with van der Waals surface area (Å²) in [6.45, 7) is 0. The van der Waals surface area contributed by atoms with Crippen molar-refractivity contribution in [2.75, 3.05) is 0 Å². The standard InChI is InChI=1S/C8H5F2IN2/c1-13-3-12-5-2-4(11)6(9)7(10)8(5)13/h2-3H,1H3. The zero-order valence-corrected chi connectivity index (χ0v) is 8.84. The number of aryl methyl sites for hydroxylation is 1. The van der Waals surface area contributed by atoms with Gasteiger partial charge in [0.1, 0.15) is 5.52 Å². The Morgan fingerprint density at radius 3 is 2.77 bits per heavy atom. The molecule has 0 radical (unpaired) electrons. The van der Waals surface area contributed by atoms with Gasteiger partial charge in [-0.2, -0.15) is 0 Å². The van der Waals surface area contributed by atoms with Gasteiger partial charge in [-0.3, -0.25) is 0 Å². The highest BCUT2D eigenvalue weighted by molar-refractivity contribution is 14.1. The van der Waals surface area contributed by atoms with Gasteiger partial charge < -0.3 is 4.57 Å². The van der Waals surface area contributed by atoms with Crippen molar-refractivity contribution >= 4 is 33.6 Å². The summed E-state index contributed by atoms with van der Waals surface area (Å²) in [5, 5.41) is 0. The third-order valence-electron chi connectivity index (χ3n) is 1.84. The fourth-order valence-electron chi connectivity index (χ4n) is 1.21. The van der Waals surface area contributed by atoms with Crippen molar-refractivity contribution in [3.05, 3.63) is 27.6 Å². The Balaban J connectivity index is 2.97. The molecule has 0 saturated heterocycles. The van der Waals surface area contributed by atoms with Gasteiger partial charge in [-0.15, -0.1) is 0 Å². The fraction of sp³-hybridized carbons (Fsp3) is 0.125. The van der Waals surface area contributed by atoms with E-state index < -0.39 is 11.6 Å². The lowest BCUT2D eigenvalue weighted by molar-refractivity contribution is 0.508. The Morgan fingerprint density at radius 1 is 1.38 bits per heavy atom. The van der Waals surface area contributed by atoms with E-state index in [0.29, 0.717) is 5.52 Å². The average molecular weight is 294 g/mol. The monoisotopic (exact) mass is 294 g/mol. The first-order valence-corrected chi connectivity index (χ1v) is 4.63. The molecule has 68 valence electrons. The maximum Gasteiger partial charge on any atom is 0.185 e. The van der Waals surface area contributed by atoms with Crippen molar-refractivity contribution in [1.29, 1.82) is 0 Å². The van der Waals surface area contributed by atoms with Crippen molar-refractivity contribution in [3.8, 4) is 0 Å². The van der Waals surface area contributed by atoms with Crippen molar-refractivity contribution in [3.63, 3.8) is 0 Å². The number of fused-ring (bicyclic) bond motifs is 1. The molecule has 1 heterocycles. The molecule has 0 aliphatic carbocycles. The van der Waals surface area contributed by atoms with Gasteiger partial charge in [-0.05, 0) is 28.7 Å². The molecule has 1 aromatic heterocycles. The Morgan fingerprint density at radius 2 is 2.08 bits per heavy atom. The smallest absolute Gasteiger partial charge is 0.185 e. The first kappa shape index (κ1) is 8.86. The summed E-state index contributed by atoms with van der Waals surface area (Å²) in [4.78, 5) is 3.93. The summed E-state index contributed by atoms with van der Waals surface area (Å²) in [5.74, 6) is -1.64. The topological polar surface area (TPSA) is 17.8 Å². The first-order valence-electron chi connectivity index (χ1n) is 3.56. The van der Waals surface area contributed by atoms with E-state index in [-0.39, 0.29) is 9.09 Å². The molecule has 0 bridgehead atoms. The Hall–Kier alpha value is -0.720. The molecule has 0 saturated carbocycles. The fourth-order valence-corrected chi connectivity index (χ4v) is 1.75. The lowest BCUT2D eigenvalue weighted by Crippen LogP contribution is -1.94. The van der Waals surface area contributed by atoms with Crippen molar-refractivity contribution in [2.24, 2.45) is 7.05 Å². The third-order valence-corrected chi connectivity index (χ3v) is 2.62. The van der Waals surface area contributed by atoms with E-state index in [4.69, 9.17) is 0 Å². The normalized spacial score (nSPS) is 11.1. The minimum absolute atomic E-state index is 0.206. The minimum Gasteiger partial charge on any atom is -0.331 e. The summed E-state index contributed by atoms with van der Waals surface area (Å²) < 4.78 is 28.1. The van der Waals surface area contributed by atoms with E-state index in [1.54, 1.807) is 29.6 Å². The number of rotatable bonds is 0. The van der Waals surface area contributed by atoms with Crippen LogP contribution in [-0.4, -0.2) is 9.55 Å². The number of hydrogen-bond donors (Lipinski definition) is 0. The molecule has 0 aliphatic heterocycles. The average Bonchev–Trinajstić information content (AvgIpc) is 2.43. The molecule has 2 aromatic rings. The maximum absolute atomic E-state index is 13.3. The van der Waals surface area contributed by atoms with E-state index in [1.807, 2.05) is 0 Å². The zero-order chi connectivity index (χ0) is 9.59. The SMILES string of the molecule is Cn1cnc2cc(I)c(F)c(F)c21. The largest absolute Gasteiger partial charge is 0.331 e. The van der Waals surface area contributed by atoms with Crippen LogP contribution in [0.25, 0.3) is 11.0 Å². The molecule has 2 rings (SSSR count). The lowest BCUT2D eigenvalue weighted by atomic mass is 10.3. The first-order chi connectivity index (χ1) is 6.11. The van der Waals surface area contributed by atoms with E-state index >= 15 is 0 Å². The van der Waals surface area contributed by atoms with Gasteiger partial charge in [0.25, 0.3) is 0 Å². The van der Waals surface area contributed by atoms with Gasteiger partial charge in [-0.1, -0.05) is 0 Å². The molecule has 0 aliphatic rings. The number of imidazole rings is 1. The molecule has 0 unspecified atom stereocenters. The van der Waals surface area contributed by atoms with Crippen LogP contribution in [0.3, 0.4) is 0 Å². The molecular weight excluding hydrogens is 289 g/mol. The van der Waals surface area contributed by atoms with Crippen LogP contribution in [0, 0.1) is 15.2 Å². The van der Waals surface area contributed by atoms with Gasteiger partial charge >= 0.3 is 0 Å². The quantitative estimate of drug-likeness (QED) is 0.539. The van der Waals surface area contributed by atoms with E-state index in [1.165, 1.54) is 17.0 Å². The molecule has 0 amide bonds. The van der Waals surface area contributed by atoms with Gasteiger partial charge in [0.15, 0.2) is 11.6 Å². The highest BCUT2D eigenvalue weighted by Gasteiger charge is 2.14. The van der Waals surface area contributed by atoms with Gasteiger partial charge in [0.2, 0.25) is 0 Å². The second-order valence-corrected chi connectivity index (χ2v) is 3.87. The molecule has 0 N–H and O–H groups in total. The Bertz CT molecular complexity index is 478. The van der Waals surface area contributed by atoms with Crippen LogP contribution in [0.2, 0.25) is 0 Å². The zero-order valence-electron chi connectivity index (χ0n) is 6.68. The number of benzene rings is 1. The van der Waals surface area contributed by atoms with E-state index in [2.05, 4.69) is 4.98 Å². The van der Waals surface area contributed by atoms with Crippen molar-refractivity contribution in [1.82, 2.24) is 9.55 Å². The van der Waals surface area contributed by atoms with Crippen LogP contribution < -0.4 is 0 Å². The highest BCUT2D eigenvalue weighted by atomic mass is 127. The van der Waals surface area contributed by atoms with E-state index in [0.717, 1.165) is 0 Å². The second-order valence-electron chi connectivity index (χ2n) is 2.71. The predicted octanol–water partition coefficient (Wildman–Crippen LogP) is 2.46. The summed E-state index contributed by atoms with van der Waals surface area (Å²) in [6, 6.07) is 1.52. The molecule has 0 spiro atoms. The number of nitrogens with zero attached hydrogens (tertiary/aromatic N) is 2. The van der Waals surface area contributed by atoms with Crippen LogP contribution in [0.1, 0.15) is 0 Å². The highest BCUT2D eigenvalue weighted by Crippen LogP contribution is 2.23. The van der Waals surface area contributed by atoms with Gasteiger partial charge in [0.05, 0.1) is 15.4 Å². The summed E-state index contributed by atoms with van der Waals surface area (Å²) >= 11 is 1.74. The number of hydrogen-bond acceptors (Lipinski definition) is 1. The Labute approximate surface area is 86.7 Å². The molecule has 5 heteroatoms. The van der Waals surface area contributed by atoms with Crippen LogP contribution >= 0.6 is 22.6 Å². The van der Waals surface area contributed by atoms with Crippen LogP contribution in [0.4, 0.5) is 8.78 Å².